The average Bonchev–Trinajstić information content (AvgIpc) is 2.85. The quantitative estimate of drug-likeness (QED) is 0.401. The van der Waals surface area contributed by atoms with Crippen molar-refractivity contribution in [1.82, 2.24) is 15.3 Å². The van der Waals surface area contributed by atoms with Crippen LogP contribution in [0.5, 0.6) is 0 Å². The molecule has 2 aromatic carbocycles. The molecule has 0 radical (unpaired) electrons. The number of halogens is 2. The Bertz CT molecular complexity index is 1310. The number of para-hydroxylation sites is 1. The van der Waals surface area contributed by atoms with Crippen LogP contribution in [0.2, 0.25) is 10.0 Å². The molecule has 36 heavy (non-hydrogen) atoms. The zero-order chi connectivity index (χ0) is 25.2. The van der Waals surface area contributed by atoms with E-state index in [1.54, 1.807) is 18.2 Å². The zero-order valence-electron chi connectivity index (χ0n) is 19.3. The van der Waals surface area contributed by atoms with Crippen molar-refractivity contribution < 1.29 is 9.59 Å². The molecule has 3 heterocycles. The van der Waals surface area contributed by atoms with E-state index in [4.69, 9.17) is 23.2 Å². The van der Waals surface area contributed by atoms with Crippen LogP contribution in [0.3, 0.4) is 0 Å². The van der Waals surface area contributed by atoms with E-state index in [-0.39, 0.29) is 11.8 Å². The molecule has 0 spiro atoms. The fourth-order valence-corrected chi connectivity index (χ4v) is 5.69. The summed E-state index contributed by atoms with van der Waals surface area (Å²) in [6.07, 6.45) is 1.50. The Kier molecular flexibility index (Phi) is 7.20. The smallest absolute Gasteiger partial charge is 0.263 e. The molecule has 1 aromatic heterocycles. The molecule has 12 heteroatoms. The number of thioether (sulfide) groups is 1. The topological polar surface area (TPSA) is 102 Å². The third-order valence-electron chi connectivity index (χ3n) is 5.79. The monoisotopic (exact) mass is 543 g/mol. The highest BCUT2D eigenvalue weighted by Gasteiger charge is 2.30. The van der Waals surface area contributed by atoms with Gasteiger partial charge in [0.15, 0.2) is 0 Å². The summed E-state index contributed by atoms with van der Waals surface area (Å²) in [5.41, 5.74) is 3.24. The Balaban J connectivity index is 1.38. The van der Waals surface area contributed by atoms with E-state index in [0.29, 0.717) is 49.5 Å². The number of hydrogen-bond donors (Lipinski definition) is 3. The number of benzene rings is 2. The van der Waals surface area contributed by atoms with E-state index < -0.39 is 0 Å². The molecule has 0 bridgehead atoms. The summed E-state index contributed by atoms with van der Waals surface area (Å²) in [6, 6.07) is 10.9. The lowest BCUT2D eigenvalue weighted by molar-refractivity contribution is -0.114. The van der Waals surface area contributed by atoms with E-state index in [9.17, 15) is 9.59 Å². The van der Waals surface area contributed by atoms with Gasteiger partial charge in [0.05, 0.1) is 38.5 Å². The molecule has 0 unspecified atom stereocenters. The number of carbonyl (C=O) groups excluding carboxylic acids is 2. The van der Waals surface area contributed by atoms with Gasteiger partial charge in [-0.3, -0.25) is 14.5 Å². The fraction of sp³-hybridized carbons (Fsp3) is 0.250. The van der Waals surface area contributed by atoms with Crippen LogP contribution in [0, 0.1) is 0 Å². The van der Waals surface area contributed by atoms with E-state index in [2.05, 4.69) is 30.8 Å². The highest BCUT2D eigenvalue weighted by atomic mass is 35.5. The first-order chi connectivity index (χ1) is 17.4. The van der Waals surface area contributed by atoms with Gasteiger partial charge in [-0.05, 0) is 30.3 Å². The van der Waals surface area contributed by atoms with Gasteiger partial charge in [-0.1, -0.05) is 41.0 Å². The van der Waals surface area contributed by atoms with Crippen LogP contribution in [0.25, 0.3) is 0 Å². The first-order valence-corrected chi connectivity index (χ1v) is 13.0. The third kappa shape index (κ3) is 5.08. The normalized spacial score (nSPS) is 15.5. The van der Waals surface area contributed by atoms with Crippen molar-refractivity contribution in [3.8, 4) is 0 Å². The summed E-state index contributed by atoms with van der Waals surface area (Å²) in [7, 11) is 0. The summed E-state index contributed by atoms with van der Waals surface area (Å²) in [5.74, 6) is 0.255. The lowest BCUT2D eigenvalue weighted by atomic mass is 10.2. The summed E-state index contributed by atoms with van der Waals surface area (Å²) < 4.78 is 0. The fourth-order valence-electron chi connectivity index (χ4n) is 4.14. The minimum Gasteiger partial charge on any atom is -0.367 e. The van der Waals surface area contributed by atoms with Crippen LogP contribution >= 0.6 is 35.0 Å². The Morgan fingerprint density at radius 3 is 2.61 bits per heavy atom. The van der Waals surface area contributed by atoms with Crippen LogP contribution in [0.1, 0.15) is 17.3 Å². The number of carbonyl (C=O) groups is 2. The largest absolute Gasteiger partial charge is 0.367 e. The number of aromatic nitrogens is 2. The highest BCUT2D eigenvalue weighted by Crippen LogP contribution is 2.39. The van der Waals surface area contributed by atoms with E-state index in [1.807, 2.05) is 18.2 Å². The van der Waals surface area contributed by atoms with Crippen molar-refractivity contribution in [3.63, 3.8) is 0 Å². The van der Waals surface area contributed by atoms with Gasteiger partial charge in [-0.25, -0.2) is 9.97 Å². The molecule has 1 saturated heterocycles. The van der Waals surface area contributed by atoms with Crippen LogP contribution in [-0.4, -0.2) is 53.8 Å². The van der Waals surface area contributed by atoms with Gasteiger partial charge in [-0.15, -0.1) is 0 Å². The molecule has 5 rings (SSSR count). The van der Waals surface area contributed by atoms with Gasteiger partial charge < -0.3 is 20.9 Å². The number of nitrogens with zero attached hydrogens (tertiary/aromatic N) is 4. The standard InChI is InChI=1S/C24H23Cl2N7O2S/c1-14(34)29-19-11-15(5-6-20(19)32-9-7-27-8-10-32)30-24-28-12-16-22(31-24)36-13-33(23(16)35)21-17(25)3-2-4-18(21)26/h2-6,11-12,27H,7-10,13H2,1H3,(H,29,34)(H,28,30,31). The van der Waals surface area contributed by atoms with E-state index in [1.165, 1.54) is 29.8 Å². The van der Waals surface area contributed by atoms with Gasteiger partial charge in [0, 0.05) is 45.0 Å². The van der Waals surface area contributed by atoms with Crippen molar-refractivity contribution in [2.24, 2.45) is 0 Å². The molecular weight excluding hydrogens is 521 g/mol. The maximum absolute atomic E-state index is 13.2. The molecule has 0 saturated carbocycles. The second-order valence-corrected chi connectivity index (χ2v) is 10.0. The SMILES string of the molecule is CC(=O)Nc1cc(Nc2ncc3c(n2)SCN(c2c(Cl)cccc2Cl)C3=O)ccc1N1CCNCC1. The van der Waals surface area contributed by atoms with Gasteiger partial charge in [-0.2, -0.15) is 0 Å². The second-order valence-electron chi connectivity index (χ2n) is 8.26. The van der Waals surface area contributed by atoms with Crippen LogP contribution < -0.4 is 25.8 Å². The number of amides is 2. The zero-order valence-corrected chi connectivity index (χ0v) is 21.7. The van der Waals surface area contributed by atoms with Gasteiger partial charge in [0.25, 0.3) is 5.91 Å². The Labute approximate surface area is 222 Å². The number of nitrogens with one attached hydrogen (secondary N) is 3. The molecule has 2 amide bonds. The second kappa shape index (κ2) is 10.5. The van der Waals surface area contributed by atoms with Crippen LogP contribution in [-0.2, 0) is 4.79 Å². The predicted molar refractivity (Wildman–Crippen MR) is 145 cm³/mol. The lowest BCUT2D eigenvalue weighted by Crippen LogP contribution is -2.43. The molecule has 3 N–H and O–H groups in total. The van der Waals surface area contributed by atoms with Crippen molar-refractivity contribution >= 4 is 75.5 Å². The molecule has 186 valence electrons. The minimum atomic E-state index is -0.265. The average molecular weight is 544 g/mol. The maximum atomic E-state index is 13.2. The summed E-state index contributed by atoms with van der Waals surface area (Å²) >= 11 is 14.0. The number of piperazine rings is 1. The summed E-state index contributed by atoms with van der Waals surface area (Å²) in [6.45, 7) is 4.98. The minimum absolute atomic E-state index is 0.147. The van der Waals surface area contributed by atoms with Gasteiger partial charge in [0.1, 0.15) is 5.03 Å². The number of hydrogen-bond acceptors (Lipinski definition) is 8. The molecule has 9 nitrogen and oxygen atoms in total. The molecule has 1 fully saturated rings. The maximum Gasteiger partial charge on any atom is 0.263 e. The van der Waals surface area contributed by atoms with Crippen molar-refractivity contribution in [1.29, 1.82) is 0 Å². The van der Waals surface area contributed by atoms with E-state index >= 15 is 0 Å². The lowest BCUT2D eigenvalue weighted by Gasteiger charge is -2.31. The summed E-state index contributed by atoms with van der Waals surface area (Å²) in [4.78, 5) is 37.7. The molecule has 2 aliphatic rings. The Morgan fingerprint density at radius 2 is 1.89 bits per heavy atom. The molecule has 3 aromatic rings. The molecule has 0 aliphatic carbocycles. The first kappa shape index (κ1) is 24.6. The molecular formula is C24H23Cl2N7O2S. The van der Waals surface area contributed by atoms with Gasteiger partial charge >= 0.3 is 0 Å². The highest BCUT2D eigenvalue weighted by molar-refractivity contribution is 7.99. The van der Waals surface area contributed by atoms with Crippen molar-refractivity contribution in [2.75, 3.05) is 52.5 Å². The van der Waals surface area contributed by atoms with Gasteiger partial charge in [0.2, 0.25) is 11.9 Å². The molecule has 2 aliphatic heterocycles. The first-order valence-electron chi connectivity index (χ1n) is 11.3. The van der Waals surface area contributed by atoms with Crippen molar-refractivity contribution in [2.45, 2.75) is 11.9 Å². The van der Waals surface area contributed by atoms with Crippen LogP contribution in [0.15, 0.2) is 47.6 Å². The summed E-state index contributed by atoms with van der Waals surface area (Å²) in [5, 5.41) is 10.8. The number of anilines is 5. The Hall–Kier alpha value is -3.05. The van der Waals surface area contributed by atoms with Crippen molar-refractivity contribution in [3.05, 3.63) is 58.2 Å². The third-order valence-corrected chi connectivity index (χ3v) is 7.37. The molecule has 0 atom stereocenters. The van der Waals surface area contributed by atoms with E-state index in [0.717, 1.165) is 31.9 Å². The Morgan fingerprint density at radius 1 is 1.14 bits per heavy atom. The number of rotatable bonds is 5. The predicted octanol–water partition coefficient (Wildman–Crippen LogP) is 4.61. The van der Waals surface area contributed by atoms with Crippen LogP contribution in [0.4, 0.5) is 28.7 Å². The number of fused-ring (bicyclic) bond motifs is 1.